The number of carboxylic acid groups (broad SMARTS) is 1. The zero-order valence-corrected chi connectivity index (χ0v) is 12.5. The van der Waals surface area contributed by atoms with E-state index in [0.717, 1.165) is 23.8 Å². The predicted octanol–water partition coefficient (Wildman–Crippen LogP) is 1.02. The maximum absolute atomic E-state index is 11.6. The van der Waals surface area contributed by atoms with Crippen molar-refractivity contribution in [2.24, 2.45) is 0 Å². The molecule has 0 aliphatic rings. The maximum Gasteiger partial charge on any atom is 0.337 e. The van der Waals surface area contributed by atoms with Crippen LogP contribution in [0, 0.1) is 13.8 Å². The normalized spacial score (nSPS) is 13.3. The third kappa shape index (κ3) is 5.07. The molecular weight excluding hydrogens is 274 g/mol. The van der Waals surface area contributed by atoms with Crippen molar-refractivity contribution in [1.29, 1.82) is 0 Å². The van der Waals surface area contributed by atoms with E-state index in [2.05, 4.69) is 5.32 Å². The lowest BCUT2D eigenvalue weighted by Crippen LogP contribution is -2.46. The van der Waals surface area contributed by atoms with Crippen LogP contribution in [0.2, 0.25) is 0 Å². The molecule has 6 nitrogen and oxygen atoms in total. The summed E-state index contributed by atoms with van der Waals surface area (Å²) >= 11 is 0. The third-order valence-electron chi connectivity index (χ3n) is 3.07. The van der Waals surface area contributed by atoms with Gasteiger partial charge in [0.05, 0.1) is 19.6 Å². The Hall–Kier alpha value is -2.08. The minimum absolute atomic E-state index is 0.0868. The number of hydrogen-bond donors (Lipinski definition) is 3. The number of hydrogen-bond acceptors (Lipinski definition) is 4. The van der Waals surface area contributed by atoms with Gasteiger partial charge in [-0.05, 0) is 31.9 Å². The van der Waals surface area contributed by atoms with E-state index in [1.807, 2.05) is 32.0 Å². The highest BCUT2D eigenvalue weighted by Crippen LogP contribution is 2.22. The summed E-state index contributed by atoms with van der Waals surface area (Å²) in [5.41, 5.74) is 0.0109. The van der Waals surface area contributed by atoms with Gasteiger partial charge in [0.15, 0.2) is 5.60 Å². The Morgan fingerprint density at radius 2 is 1.86 bits per heavy atom. The van der Waals surface area contributed by atoms with Gasteiger partial charge in [-0.2, -0.15) is 0 Å². The van der Waals surface area contributed by atoms with E-state index in [0.29, 0.717) is 0 Å². The monoisotopic (exact) mass is 295 g/mol. The number of carboxylic acids is 1. The van der Waals surface area contributed by atoms with Crippen molar-refractivity contribution in [3.05, 3.63) is 29.3 Å². The summed E-state index contributed by atoms with van der Waals surface area (Å²) in [7, 11) is 0. The number of carbonyl (C=O) groups excluding carboxylic acids is 1. The fourth-order valence-electron chi connectivity index (χ4n) is 1.71. The average molecular weight is 295 g/mol. The number of ether oxygens (including phenoxy) is 1. The molecule has 0 saturated carbocycles. The first kappa shape index (κ1) is 17.0. The van der Waals surface area contributed by atoms with Gasteiger partial charge in [-0.15, -0.1) is 0 Å². The molecule has 1 amide bonds. The van der Waals surface area contributed by atoms with Crippen LogP contribution in [0.4, 0.5) is 0 Å². The van der Waals surface area contributed by atoms with Crippen LogP contribution in [0.3, 0.4) is 0 Å². The SMILES string of the molecule is Cc1cccc(C)c1OCCC(=O)NCC(C)(O)C(=O)O. The number of carbonyl (C=O) groups is 2. The van der Waals surface area contributed by atoms with Crippen molar-refractivity contribution in [2.75, 3.05) is 13.2 Å². The van der Waals surface area contributed by atoms with Crippen LogP contribution in [0.5, 0.6) is 5.75 Å². The number of rotatable bonds is 7. The molecule has 1 rings (SSSR count). The van der Waals surface area contributed by atoms with Gasteiger partial charge in [0.2, 0.25) is 5.91 Å². The van der Waals surface area contributed by atoms with Crippen molar-refractivity contribution in [3.8, 4) is 5.75 Å². The summed E-state index contributed by atoms with van der Waals surface area (Å²) < 4.78 is 5.58. The standard InChI is InChI=1S/C15H21NO5/c1-10-5-4-6-11(2)13(10)21-8-7-12(17)16-9-15(3,20)14(18)19/h4-6,20H,7-9H2,1-3H3,(H,16,17)(H,18,19). The smallest absolute Gasteiger partial charge is 0.337 e. The summed E-state index contributed by atoms with van der Waals surface area (Å²) in [5, 5.41) is 20.6. The molecule has 0 heterocycles. The maximum atomic E-state index is 11.6. The summed E-state index contributed by atoms with van der Waals surface area (Å²) in [4.78, 5) is 22.3. The molecule has 0 saturated heterocycles. The molecule has 0 spiro atoms. The van der Waals surface area contributed by atoms with Crippen LogP contribution in [0.25, 0.3) is 0 Å². The first-order valence-electron chi connectivity index (χ1n) is 6.65. The third-order valence-corrected chi connectivity index (χ3v) is 3.07. The molecule has 0 aliphatic heterocycles. The van der Waals surface area contributed by atoms with Crippen molar-refractivity contribution in [3.63, 3.8) is 0 Å². The fraction of sp³-hybridized carbons (Fsp3) is 0.467. The Morgan fingerprint density at radius 1 is 1.29 bits per heavy atom. The molecule has 0 fully saturated rings. The fourth-order valence-corrected chi connectivity index (χ4v) is 1.71. The highest BCUT2D eigenvalue weighted by Gasteiger charge is 2.30. The lowest BCUT2D eigenvalue weighted by atomic mass is 10.1. The van der Waals surface area contributed by atoms with Crippen LogP contribution in [0.15, 0.2) is 18.2 Å². The van der Waals surface area contributed by atoms with E-state index in [1.54, 1.807) is 0 Å². The number of aryl methyl sites for hydroxylation is 2. The Balaban J connectivity index is 2.39. The first-order valence-corrected chi connectivity index (χ1v) is 6.65. The van der Waals surface area contributed by atoms with Crippen LogP contribution >= 0.6 is 0 Å². The predicted molar refractivity (Wildman–Crippen MR) is 77.3 cm³/mol. The lowest BCUT2D eigenvalue weighted by Gasteiger charge is -2.18. The largest absolute Gasteiger partial charge is 0.493 e. The van der Waals surface area contributed by atoms with Crippen molar-refractivity contribution in [2.45, 2.75) is 32.8 Å². The molecule has 3 N–H and O–H groups in total. The molecule has 0 aromatic heterocycles. The molecule has 0 radical (unpaired) electrons. The molecule has 0 aliphatic carbocycles. The van der Waals surface area contributed by atoms with Crippen LogP contribution < -0.4 is 10.1 Å². The van der Waals surface area contributed by atoms with Crippen molar-refractivity contribution >= 4 is 11.9 Å². The van der Waals surface area contributed by atoms with Gasteiger partial charge in [0.25, 0.3) is 0 Å². The van der Waals surface area contributed by atoms with Gasteiger partial charge < -0.3 is 20.3 Å². The lowest BCUT2D eigenvalue weighted by molar-refractivity contribution is -0.156. The minimum Gasteiger partial charge on any atom is -0.493 e. The Kier molecular flexibility index (Phi) is 5.72. The number of para-hydroxylation sites is 1. The summed E-state index contributed by atoms with van der Waals surface area (Å²) in [6.07, 6.45) is 0.0868. The van der Waals surface area contributed by atoms with Gasteiger partial charge in [-0.3, -0.25) is 4.79 Å². The average Bonchev–Trinajstić information content (AvgIpc) is 2.40. The second kappa shape index (κ2) is 7.08. The highest BCUT2D eigenvalue weighted by molar-refractivity contribution is 5.80. The number of nitrogens with one attached hydrogen (secondary N) is 1. The van der Waals surface area contributed by atoms with Crippen molar-refractivity contribution < 1.29 is 24.5 Å². The zero-order chi connectivity index (χ0) is 16.0. The van der Waals surface area contributed by atoms with Crippen LogP contribution in [0.1, 0.15) is 24.5 Å². The molecule has 1 aromatic carbocycles. The zero-order valence-electron chi connectivity index (χ0n) is 12.5. The number of aliphatic hydroxyl groups is 1. The summed E-state index contributed by atoms with van der Waals surface area (Å²) in [6.45, 7) is 4.82. The molecule has 21 heavy (non-hydrogen) atoms. The van der Waals surface area contributed by atoms with Gasteiger partial charge in [-0.25, -0.2) is 4.79 Å². The number of amides is 1. The van der Waals surface area contributed by atoms with Gasteiger partial charge in [0, 0.05) is 0 Å². The molecule has 1 unspecified atom stereocenters. The quantitative estimate of drug-likeness (QED) is 0.698. The second-order valence-corrected chi connectivity index (χ2v) is 5.18. The van der Waals surface area contributed by atoms with E-state index < -0.39 is 11.6 Å². The Morgan fingerprint density at radius 3 is 2.38 bits per heavy atom. The second-order valence-electron chi connectivity index (χ2n) is 5.18. The first-order chi connectivity index (χ1) is 9.74. The van der Waals surface area contributed by atoms with Gasteiger partial charge >= 0.3 is 5.97 Å². The number of aliphatic carboxylic acids is 1. The van der Waals surface area contributed by atoms with E-state index in [9.17, 15) is 14.7 Å². The Bertz CT molecular complexity index is 505. The molecule has 1 aromatic rings. The molecule has 1 atom stereocenters. The molecular formula is C15H21NO5. The van der Waals surface area contributed by atoms with E-state index in [1.165, 1.54) is 0 Å². The van der Waals surface area contributed by atoms with E-state index >= 15 is 0 Å². The van der Waals surface area contributed by atoms with E-state index in [-0.39, 0.29) is 25.5 Å². The Labute approximate surface area is 123 Å². The topological polar surface area (TPSA) is 95.9 Å². The van der Waals surface area contributed by atoms with Gasteiger partial charge in [-0.1, -0.05) is 18.2 Å². The highest BCUT2D eigenvalue weighted by atomic mass is 16.5. The van der Waals surface area contributed by atoms with E-state index in [4.69, 9.17) is 9.84 Å². The molecule has 0 bridgehead atoms. The number of benzene rings is 1. The minimum atomic E-state index is -1.97. The van der Waals surface area contributed by atoms with Gasteiger partial charge in [0.1, 0.15) is 5.75 Å². The summed E-state index contributed by atoms with van der Waals surface area (Å²) in [5.74, 6) is -1.000. The molecule has 6 heteroatoms. The summed E-state index contributed by atoms with van der Waals surface area (Å²) in [6, 6.07) is 5.77. The van der Waals surface area contributed by atoms with Crippen LogP contribution in [-0.2, 0) is 9.59 Å². The molecule has 116 valence electrons. The van der Waals surface area contributed by atoms with Crippen molar-refractivity contribution in [1.82, 2.24) is 5.32 Å². The van der Waals surface area contributed by atoms with Crippen LogP contribution in [-0.4, -0.2) is 40.8 Å².